The maximum absolute atomic E-state index is 12.7. The number of carbonyl (C=O) groups is 2. The molecule has 2 aromatic rings. The molecule has 0 bridgehead atoms. The van der Waals surface area contributed by atoms with Crippen LogP contribution in [0.5, 0.6) is 0 Å². The Labute approximate surface area is 202 Å². The average molecular weight is 494 g/mol. The number of hydrogen-bond acceptors (Lipinski definition) is 5. The quantitative estimate of drug-likeness (QED) is 0.681. The second-order valence-corrected chi connectivity index (χ2v) is 9.16. The lowest BCUT2D eigenvalue weighted by Gasteiger charge is -2.38. The van der Waals surface area contributed by atoms with Crippen LogP contribution in [-0.4, -0.2) is 77.3 Å². The number of halogens is 3. The number of aliphatic carboxylic acids is 1. The highest BCUT2D eigenvalue weighted by Gasteiger charge is 2.43. The van der Waals surface area contributed by atoms with Crippen LogP contribution in [0.3, 0.4) is 0 Å². The first-order valence-electron chi connectivity index (χ1n) is 11.4. The van der Waals surface area contributed by atoms with Crippen molar-refractivity contribution in [2.75, 3.05) is 33.3 Å². The molecular formula is C25H30F3N3O4. The van der Waals surface area contributed by atoms with Crippen molar-refractivity contribution in [1.82, 2.24) is 14.8 Å². The third-order valence-electron chi connectivity index (χ3n) is 6.35. The van der Waals surface area contributed by atoms with Gasteiger partial charge in [0.1, 0.15) is 0 Å². The monoisotopic (exact) mass is 493 g/mol. The molecule has 1 amide bonds. The number of amides is 1. The van der Waals surface area contributed by atoms with Gasteiger partial charge in [0, 0.05) is 44.1 Å². The Kier molecular flexibility index (Phi) is 8.85. The standard InChI is InChI=1S/C23H29N3O2.C2HF3O2/c1-25(16-19-6-5-11-24-15-19)17-21-14-23(18-28-21)9-12-26(13-10-23)22(27)20-7-3-2-4-8-20;3-2(4,5)1(6)7/h2-8,11,15,21H,9-10,12-14,16-18H2,1H3;(H,6,7). The van der Waals surface area contributed by atoms with Gasteiger partial charge in [-0.1, -0.05) is 24.3 Å². The van der Waals surface area contributed by atoms with E-state index in [0.717, 1.165) is 57.6 Å². The number of aromatic nitrogens is 1. The fourth-order valence-electron chi connectivity index (χ4n) is 4.52. The third kappa shape index (κ3) is 7.76. The second-order valence-electron chi connectivity index (χ2n) is 9.16. The van der Waals surface area contributed by atoms with Gasteiger partial charge in [-0.05, 0) is 55.5 Å². The number of likely N-dealkylation sites (tertiary alicyclic amines) is 1. The number of carboxylic acid groups (broad SMARTS) is 1. The lowest BCUT2D eigenvalue weighted by Crippen LogP contribution is -2.43. The van der Waals surface area contributed by atoms with Crippen LogP contribution in [0.4, 0.5) is 13.2 Å². The van der Waals surface area contributed by atoms with Crippen LogP contribution in [-0.2, 0) is 16.1 Å². The number of piperidine rings is 1. The van der Waals surface area contributed by atoms with Gasteiger partial charge >= 0.3 is 12.1 Å². The van der Waals surface area contributed by atoms with Crippen molar-refractivity contribution >= 4 is 11.9 Å². The number of rotatable bonds is 5. The number of pyridine rings is 1. The molecule has 1 aromatic carbocycles. The lowest BCUT2D eigenvalue weighted by molar-refractivity contribution is -0.192. The van der Waals surface area contributed by atoms with Crippen molar-refractivity contribution in [3.8, 4) is 0 Å². The first-order valence-corrected chi connectivity index (χ1v) is 11.4. The number of ether oxygens (including phenoxy) is 1. The largest absolute Gasteiger partial charge is 0.490 e. The number of carbonyl (C=O) groups excluding carboxylic acids is 1. The number of alkyl halides is 3. The van der Waals surface area contributed by atoms with Gasteiger partial charge in [0.2, 0.25) is 0 Å². The molecule has 3 heterocycles. The van der Waals surface area contributed by atoms with Crippen molar-refractivity contribution in [2.45, 2.75) is 38.1 Å². The summed E-state index contributed by atoms with van der Waals surface area (Å²) in [6, 6.07) is 13.7. The molecule has 4 rings (SSSR count). The summed E-state index contributed by atoms with van der Waals surface area (Å²) in [6.07, 6.45) is 2.09. The molecule has 2 fully saturated rings. The van der Waals surface area contributed by atoms with E-state index >= 15 is 0 Å². The van der Waals surface area contributed by atoms with E-state index in [1.165, 1.54) is 5.56 Å². The number of carboxylic acids is 1. The molecule has 0 saturated carbocycles. The zero-order valence-corrected chi connectivity index (χ0v) is 19.6. The molecular weight excluding hydrogens is 463 g/mol. The minimum absolute atomic E-state index is 0.155. The molecule has 0 aliphatic carbocycles. The van der Waals surface area contributed by atoms with E-state index in [1.807, 2.05) is 53.7 Å². The summed E-state index contributed by atoms with van der Waals surface area (Å²) < 4.78 is 37.9. The molecule has 1 spiro atoms. The summed E-state index contributed by atoms with van der Waals surface area (Å²) in [6.45, 7) is 4.31. The van der Waals surface area contributed by atoms with Crippen LogP contribution in [0.1, 0.15) is 35.2 Å². The van der Waals surface area contributed by atoms with Crippen molar-refractivity contribution in [3.63, 3.8) is 0 Å². The van der Waals surface area contributed by atoms with Crippen LogP contribution >= 0.6 is 0 Å². The van der Waals surface area contributed by atoms with Gasteiger partial charge in [-0.3, -0.25) is 14.7 Å². The smallest absolute Gasteiger partial charge is 0.475 e. The molecule has 1 unspecified atom stereocenters. The van der Waals surface area contributed by atoms with Gasteiger partial charge in [-0.25, -0.2) is 4.79 Å². The van der Waals surface area contributed by atoms with Crippen LogP contribution in [0.2, 0.25) is 0 Å². The summed E-state index contributed by atoms with van der Waals surface area (Å²) in [5.74, 6) is -2.60. The highest BCUT2D eigenvalue weighted by atomic mass is 19.4. The maximum Gasteiger partial charge on any atom is 0.490 e. The minimum atomic E-state index is -5.08. The van der Waals surface area contributed by atoms with Gasteiger partial charge in [0.25, 0.3) is 5.91 Å². The molecule has 7 nitrogen and oxygen atoms in total. The highest BCUT2D eigenvalue weighted by Crippen LogP contribution is 2.42. The second kappa shape index (κ2) is 11.6. The van der Waals surface area contributed by atoms with Gasteiger partial charge in [0.15, 0.2) is 0 Å². The Morgan fingerprint density at radius 2 is 1.83 bits per heavy atom. The fourth-order valence-corrected chi connectivity index (χ4v) is 4.52. The lowest BCUT2D eigenvalue weighted by atomic mass is 9.76. The van der Waals surface area contributed by atoms with Crippen molar-refractivity contribution in [1.29, 1.82) is 0 Å². The number of hydrogen-bond donors (Lipinski definition) is 1. The third-order valence-corrected chi connectivity index (χ3v) is 6.35. The SMILES string of the molecule is CN(Cc1cccnc1)CC1CC2(CCN(C(=O)c3ccccc3)CC2)CO1.O=C(O)C(F)(F)F. The fraction of sp³-hybridized carbons (Fsp3) is 0.480. The molecule has 2 aliphatic rings. The van der Waals surface area contributed by atoms with Gasteiger partial charge in [0.05, 0.1) is 12.7 Å². The van der Waals surface area contributed by atoms with Gasteiger partial charge in [-0.15, -0.1) is 0 Å². The summed E-state index contributed by atoms with van der Waals surface area (Å²) in [5, 5.41) is 7.12. The van der Waals surface area contributed by atoms with E-state index < -0.39 is 12.1 Å². The topological polar surface area (TPSA) is 83.0 Å². The molecule has 10 heteroatoms. The Morgan fingerprint density at radius 3 is 2.40 bits per heavy atom. The van der Waals surface area contributed by atoms with Crippen LogP contribution in [0.25, 0.3) is 0 Å². The number of benzene rings is 1. The normalized spacial score (nSPS) is 19.3. The molecule has 1 aromatic heterocycles. The summed E-state index contributed by atoms with van der Waals surface area (Å²) >= 11 is 0. The Morgan fingerprint density at radius 1 is 1.17 bits per heavy atom. The number of likely N-dealkylation sites (N-methyl/N-ethyl adjacent to an activating group) is 1. The molecule has 190 valence electrons. The average Bonchev–Trinajstić information content (AvgIpc) is 3.21. The van der Waals surface area contributed by atoms with Gasteiger partial charge < -0.3 is 14.7 Å². The minimum Gasteiger partial charge on any atom is -0.475 e. The van der Waals surface area contributed by atoms with Crippen LogP contribution < -0.4 is 0 Å². The van der Waals surface area contributed by atoms with E-state index in [1.54, 1.807) is 0 Å². The molecule has 1 N–H and O–H groups in total. The van der Waals surface area contributed by atoms with Crippen molar-refractivity contribution < 1.29 is 32.6 Å². The van der Waals surface area contributed by atoms with E-state index in [4.69, 9.17) is 14.6 Å². The number of nitrogens with zero attached hydrogens (tertiary/aromatic N) is 3. The van der Waals surface area contributed by atoms with Crippen molar-refractivity contribution in [2.24, 2.45) is 5.41 Å². The predicted octanol–water partition coefficient (Wildman–Crippen LogP) is 3.86. The maximum atomic E-state index is 12.7. The van der Waals surface area contributed by atoms with Crippen LogP contribution in [0, 0.1) is 5.41 Å². The molecule has 35 heavy (non-hydrogen) atoms. The van der Waals surface area contributed by atoms with E-state index in [2.05, 4.69) is 23.0 Å². The highest BCUT2D eigenvalue weighted by molar-refractivity contribution is 5.94. The molecule has 2 saturated heterocycles. The zero-order valence-electron chi connectivity index (χ0n) is 19.6. The zero-order chi connectivity index (χ0) is 25.5. The van der Waals surface area contributed by atoms with Gasteiger partial charge in [-0.2, -0.15) is 13.2 Å². The van der Waals surface area contributed by atoms with E-state index in [9.17, 15) is 18.0 Å². The molecule has 2 aliphatic heterocycles. The summed E-state index contributed by atoms with van der Waals surface area (Å²) in [5.41, 5.74) is 2.26. The van der Waals surface area contributed by atoms with Crippen molar-refractivity contribution in [3.05, 3.63) is 66.0 Å². The first kappa shape index (κ1) is 26.6. The summed E-state index contributed by atoms with van der Waals surface area (Å²) in [4.78, 5) is 30.1. The van der Waals surface area contributed by atoms with E-state index in [0.29, 0.717) is 0 Å². The van der Waals surface area contributed by atoms with Crippen LogP contribution in [0.15, 0.2) is 54.9 Å². The molecule has 0 radical (unpaired) electrons. The molecule has 1 atom stereocenters. The van der Waals surface area contributed by atoms with E-state index in [-0.39, 0.29) is 17.4 Å². The predicted molar refractivity (Wildman–Crippen MR) is 123 cm³/mol. The Bertz CT molecular complexity index is 965. The first-order chi connectivity index (χ1) is 16.6. The Hall–Kier alpha value is -2.98. The Balaban J connectivity index is 0.000000429. The summed E-state index contributed by atoms with van der Waals surface area (Å²) in [7, 11) is 2.14.